The van der Waals surface area contributed by atoms with E-state index in [1.54, 1.807) is 51.3 Å². The summed E-state index contributed by atoms with van der Waals surface area (Å²) in [4.78, 5) is 74.3. The molecule has 1 unspecified atom stereocenters. The minimum Gasteiger partial charge on any atom is -0.477 e. The largest absolute Gasteiger partial charge is 0.509 e. The topological polar surface area (TPSA) is 248 Å². The van der Waals surface area contributed by atoms with Gasteiger partial charge >= 0.3 is 24.1 Å². The fraction of sp³-hybridized carbons (Fsp3) is 0.732. The van der Waals surface area contributed by atoms with Crippen LogP contribution < -0.4 is 10.3 Å². The molecule has 4 aliphatic heterocycles. The second kappa shape index (κ2) is 24.5. The van der Waals surface area contributed by atoms with Crippen molar-refractivity contribution in [2.45, 2.75) is 179 Å². The second-order valence-corrected chi connectivity index (χ2v) is 22.9. The first-order valence-corrected chi connectivity index (χ1v) is 27.0. The van der Waals surface area contributed by atoms with Gasteiger partial charge in [-0.3, -0.25) is 19.3 Å². The molecule has 0 bridgehead atoms. The number of carbonyl (C=O) groups is 4. The predicted molar refractivity (Wildman–Crippen MR) is 281 cm³/mol. The number of methoxy groups -OCH3 is 1. The number of fused-ring (bicyclic) bond motifs is 1. The summed E-state index contributed by atoms with van der Waals surface area (Å²) >= 11 is 0. The van der Waals surface area contributed by atoms with E-state index in [-0.39, 0.29) is 68.1 Å². The van der Waals surface area contributed by atoms with E-state index < -0.39 is 119 Å². The zero-order valence-electron chi connectivity index (χ0n) is 47.8. The number of nitrogens with zero attached hydrogens (tertiary/aromatic N) is 3. The first kappa shape index (κ1) is 60.9. The lowest BCUT2D eigenvalue weighted by Crippen LogP contribution is -2.61. The molecule has 0 amide bonds. The highest BCUT2D eigenvalue weighted by Crippen LogP contribution is 2.57. The van der Waals surface area contributed by atoms with Crippen LogP contribution in [0, 0.1) is 23.7 Å². The second-order valence-electron chi connectivity index (χ2n) is 22.9. The summed E-state index contributed by atoms with van der Waals surface area (Å²) in [6.07, 6.45) is -3.60. The number of likely N-dealkylation sites (N-methyl/N-ethyl adjacent to an activating group) is 2. The van der Waals surface area contributed by atoms with Crippen molar-refractivity contribution in [2.75, 3.05) is 61.7 Å². The highest BCUT2D eigenvalue weighted by atomic mass is 16.8. The first-order valence-electron chi connectivity index (χ1n) is 27.0. The molecule has 0 radical (unpaired) electrons. The molecule has 19 atom stereocenters. The Balaban J connectivity index is 1.11. The van der Waals surface area contributed by atoms with Crippen molar-refractivity contribution in [3.05, 3.63) is 51.8 Å². The van der Waals surface area contributed by atoms with Gasteiger partial charge in [-0.2, -0.15) is 4.73 Å². The number of esters is 2. The molecule has 2 N–H and O–H groups in total. The Morgan fingerprint density at radius 2 is 1.64 bits per heavy atom. The SMILES string of the molecule is COn1cc(C(=O)O)c(=O)c2cc(C=CCOCCO[C@H]3[C@H](C)O[C@@H](O[C@H]4[C@H](C)[C@@H](O[C@@H]5O[C@H](C)C[C@H](N(C)C)[C@H]5OC(C)=O)[C@](C)(O)C[C@@H](C)CN(C)[C@H](C)[C@H]5OC(=O)O[C@@]56C(C)[C@H]6OC(=O)[C@@H]4C)C[C@@]3(C)OC)ccc21. The number of hydrogen-bond acceptors (Lipinski definition) is 20. The molecule has 5 aliphatic rings. The summed E-state index contributed by atoms with van der Waals surface area (Å²) in [5, 5.41) is 22.7. The summed E-state index contributed by atoms with van der Waals surface area (Å²) in [5.41, 5.74) is -3.79. The maximum Gasteiger partial charge on any atom is 0.509 e. The molecule has 22 nitrogen and oxygen atoms in total. The minimum atomic E-state index is -1.63. The molecule has 1 spiro atoms. The van der Waals surface area contributed by atoms with Crippen LogP contribution in [0.1, 0.15) is 104 Å². The lowest BCUT2D eigenvalue weighted by atomic mass is 9.77. The van der Waals surface area contributed by atoms with Crippen LogP contribution in [0.4, 0.5) is 4.79 Å². The van der Waals surface area contributed by atoms with Gasteiger partial charge in [-0.25, -0.2) is 9.59 Å². The van der Waals surface area contributed by atoms with Gasteiger partial charge in [-0.05, 0) is 99.1 Å². The third kappa shape index (κ3) is 12.7. The van der Waals surface area contributed by atoms with E-state index in [4.69, 9.17) is 56.9 Å². The van der Waals surface area contributed by atoms with Gasteiger partial charge in [-0.15, -0.1) is 0 Å². The van der Waals surface area contributed by atoms with Gasteiger partial charge in [-0.1, -0.05) is 39.0 Å². The Labute approximate surface area is 456 Å². The van der Waals surface area contributed by atoms with E-state index in [0.29, 0.717) is 24.0 Å². The number of carboxylic acids is 1. The summed E-state index contributed by atoms with van der Waals surface area (Å²) in [6, 6.07) is 4.37. The molecule has 1 aliphatic carbocycles. The van der Waals surface area contributed by atoms with Crippen LogP contribution in [0.5, 0.6) is 0 Å². The lowest BCUT2D eigenvalue weighted by molar-refractivity contribution is -0.321. The third-order valence-electron chi connectivity index (χ3n) is 16.7. The maximum absolute atomic E-state index is 14.8. The van der Waals surface area contributed by atoms with Crippen LogP contribution in [-0.2, 0) is 61.7 Å². The third-order valence-corrected chi connectivity index (χ3v) is 16.7. The molecular formula is C56H83N3O19. The van der Waals surface area contributed by atoms with Gasteiger partial charge < -0.3 is 72.1 Å². The van der Waals surface area contributed by atoms with E-state index in [1.807, 2.05) is 79.4 Å². The zero-order valence-corrected chi connectivity index (χ0v) is 47.8. The van der Waals surface area contributed by atoms with Crippen LogP contribution in [0.25, 0.3) is 17.0 Å². The molecule has 1 aromatic heterocycles. The molecule has 1 saturated carbocycles. The van der Waals surface area contributed by atoms with E-state index in [0.717, 1.165) is 6.20 Å². The fourth-order valence-corrected chi connectivity index (χ4v) is 12.5. The first-order chi connectivity index (χ1) is 36.7. The number of benzene rings is 1. The average molecular weight is 1100 g/mol. The van der Waals surface area contributed by atoms with Gasteiger partial charge in [0.25, 0.3) is 0 Å². The van der Waals surface area contributed by atoms with E-state index in [9.17, 15) is 34.2 Å². The van der Waals surface area contributed by atoms with Gasteiger partial charge in [0.2, 0.25) is 5.43 Å². The number of aliphatic hydroxyl groups is 1. The normalized spacial score (nSPS) is 38.8. The lowest BCUT2D eigenvalue weighted by Gasteiger charge is -2.49. The molecule has 1 aromatic carbocycles. The van der Waals surface area contributed by atoms with Crippen molar-refractivity contribution in [2.24, 2.45) is 23.7 Å². The van der Waals surface area contributed by atoms with Crippen LogP contribution >= 0.6 is 0 Å². The molecule has 7 rings (SSSR count). The molecule has 78 heavy (non-hydrogen) atoms. The monoisotopic (exact) mass is 1100 g/mol. The van der Waals surface area contributed by atoms with Crippen LogP contribution in [0.3, 0.4) is 0 Å². The Morgan fingerprint density at radius 1 is 0.923 bits per heavy atom. The standard InChI is InChI=1S/C56H83N3O19/c1-29-25-54(9,66)46(76-52-45(73-36(8)60)41(57(11)12)23-30(2)71-52)31(3)44(32(4)51(64)75-47-33(5)56(47)48(77-53(65)78-56)34(6)58(13)27-29)74-42-26-55(10,67-14)49(35(7)72-42)70-22-21-69-20-16-17-37-18-19-40-38(24-37)43(61)39(50(62)63)28-59(40)68-15/h16-19,24,28-35,41-42,44-49,52,66H,20-23,25-27H2,1-15H3,(H,62,63)/t29-,30-,31+,32-,33?,34-,35+,41+,42+,44+,45-,46-,47-,48-,49+,52+,54-,55-,56-/m1/s1. The Kier molecular flexibility index (Phi) is 19.2. The molecule has 5 fully saturated rings. The molecule has 4 saturated heterocycles. The summed E-state index contributed by atoms with van der Waals surface area (Å²) < 4.78 is 70.9. The van der Waals surface area contributed by atoms with Crippen molar-refractivity contribution in [1.29, 1.82) is 0 Å². The number of rotatable bonds is 16. The Hall–Kier alpha value is -4.75. The summed E-state index contributed by atoms with van der Waals surface area (Å²) in [7, 11) is 8.65. The van der Waals surface area contributed by atoms with E-state index >= 15 is 0 Å². The van der Waals surface area contributed by atoms with Gasteiger partial charge in [0.1, 0.15) is 18.8 Å². The van der Waals surface area contributed by atoms with Gasteiger partial charge in [0.15, 0.2) is 36.5 Å². The number of aromatic nitrogens is 1. The van der Waals surface area contributed by atoms with E-state index in [2.05, 4.69) is 0 Å². The fourth-order valence-electron chi connectivity index (χ4n) is 12.5. The Bertz CT molecular complexity index is 2560. The molecular weight excluding hydrogens is 1020 g/mol. The molecule has 22 heteroatoms. The number of hydrogen-bond donors (Lipinski definition) is 2. The number of ether oxygens (including phenoxy) is 11. The molecule has 436 valence electrons. The molecule has 2 aromatic rings. The highest BCUT2D eigenvalue weighted by Gasteiger charge is 2.78. The van der Waals surface area contributed by atoms with Crippen LogP contribution in [-0.4, -0.2) is 201 Å². The number of carboxylic acid groups (broad SMARTS) is 1. The van der Waals surface area contributed by atoms with Crippen LogP contribution in [0.2, 0.25) is 0 Å². The molecule has 5 heterocycles. The maximum atomic E-state index is 14.8. The van der Waals surface area contributed by atoms with Gasteiger partial charge in [0.05, 0.1) is 84.5 Å². The zero-order chi connectivity index (χ0) is 57.3. The van der Waals surface area contributed by atoms with Crippen molar-refractivity contribution in [3.63, 3.8) is 0 Å². The smallest absolute Gasteiger partial charge is 0.477 e. The van der Waals surface area contributed by atoms with Gasteiger partial charge in [0, 0.05) is 44.9 Å². The summed E-state index contributed by atoms with van der Waals surface area (Å²) in [5.74, 6) is -4.94. The minimum absolute atomic E-state index is 0.144. The number of aromatic carboxylic acids is 1. The van der Waals surface area contributed by atoms with Crippen molar-refractivity contribution in [1.82, 2.24) is 14.5 Å². The summed E-state index contributed by atoms with van der Waals surface area (Å²) in [6.45, 7) is 19.0. The average Bonchev–Trinajstić information content (AvgIpc) is 3.97. The van der Waals surface area contributed by atoms with Crippen molar-refractivity contribution < 1.29 is 86.3 Å². The Morgan fingerprint density at radius 3 is 2.29 bits per heavy atom. The predicted octanol–water partition coefficient (Wildman–Crippen LogP) is 4.70. The number of pyridine rings is 1. The quantitative estimate of drug-likeness (QED) is 0.131. The highest BCUT2D eigenvalue weighted by molar-refractivity contribution is 5.93. The van der Waals surface area contributed by atoms with Crippen molar-refractivity contribution >= 4 is 41.0 Å². The van der Waals surface area contributed by atoms with Crippen molar-refractivity contribution in [3.8, 4) is 0 Å². The van der Waals surface area contributed by atoms with E-state index in [1.165, 1.54) is 18.8 Å². The number of carbonyl (C=O) groups excluding carboxylic acids is 3. The van der Waals surface area contributed by atoms with Crippen LogP contribution in [0.15, 0.2) is 35.3 Å².